The molecule has 0 aromatic heterocycles. The van der Waals surface area contributed by atoms with E-state index in [0.29, 0.717) is 28.4 Å². The Hall–Kier alpha value is -2.74. The number of rotatable bonds is 5. The molecule has 1 atom stereocenters. The van der Waals surface area contributed by atoms with Crippen LogP contribution in [0, 0.1) is 0 Å². The molecule has 0 radical (unpaired) electrons. The zero-order valence-electron chi connectivity index (χ0n) is 17.6. The highest BCUT2D eigenvalue weighted by Gasteiger charge is 2.34. The van der Waals surface area contributed by atoms with E-state index >= 15 is 0 Å². The molecule has 4 rings (SSSR count). The average molecular weight is 475 g/mol. The van der Waals surface area contributed by atoms with Crippen LogP contribution in [-0.4, -0.2) is 56.7 Å². The fraction of sp³-hybridized carbons (Fsp3) is 0.304. The van der Waals surface area contributed by atoms with Gasteiger partial charge in [0, 0.05) is 43.4 Å². The van der Waals surface area contributed by atoms with E-state index in [2.05, 4.69) is 20.4 Å². The van der Waals surface area contributed by atoms with Crippen molar-refractivity contribution in [3.05, 3.63) is 75.4 Å². The number of carbonyl (C=O) groups excluding carboxylic acids is 2. The van der Waals surface area contributed by atoms with Crippen LogP contribution in [0.3, 0.4) is 0 Å². The third kappa shape index (κ3) is 4.85. The van der Waals surface area contributed by atoms with Crippen LogP contribution in [0.4, 0.5) is 10.5 Å². The van der Waals surface area contributed by atoms with Crippen molar-refractivity contribution in [3.63, 3.8) is 0 Å². The first kappa shape index (κ1) is 22.5. The number of methoxy groups -OCH3 is 1. The molecule has 2 aliphatic heterocycles. The summed E-state index contributed by atoms with van der Waals surface area (Å²) in [6, 6.07) is 13.9. The van der Waals surface area contributed by atoms with Gasteiger partial charge in [0.15, 0.2) is 0 Å². The summed E-state index contributed by atoms with van der Waals surface area (Å²) in [7, 11) is 1.33. The second-order valence-corrected chi connectivity index (χ2v) is 8.53. The van der Waals surface area contributed by atoms with Crippen molar-refractivity contribution < 1.29 is 14.3 Å². The highest BCUT2D eigenvalue weighted by Crippen LogP contribution is 2.30. The number of esters is 1. The molecule has 9 heteroatoms. The lowest BCUT2D eigenvalue weighted by Crippen LogP contribution is -2.51. The molecule has 2 aliphatic rings. The topological polar surface area (TPSA) is 73.9 Å². The van der Waals surface area contributed by atoms with Crippen LogP contribution in [0.1, 0.15) is 11.6 Å². The second-order valence-electron chi connectivity index (χ2n) is 7.68. The molecule has 2 aromatic rings. The van der Waals surface area contributed by atoms with Gasteiger partial charge in [-0.1, -0.05) is 47.5 Å². The summed E-state index contributed by atoms with van der Waals surface area (Å²) in [5.41, 5.74) is 2.65. The van der Waals surface area contributed by atoms with Gasteiger partial charge in [-0.05, 0) is 29.8 Å². The number of hydrogen-bond acceptors (Lipinski definition) is 5. The van der Waals surface area contributed by atoms with Crippen molar-refractivity contribution in [2.45, 2.75) is 6.04 Å². The van der Waals surface area contributed by atoms with Crippen molar-refractivity contribution in [2.24, 2.45) is 0 Å². The lowest BCUT2D eigenvalue weighted by molar-refractivity contribution is -0.136. The maximum atomic E-state index is 12.7. The molecule has 2 aromatic carbocycles. The number of hydrogen-bond donors (Lipinski definition) is 2. The fourth-order valence-electron chi connectivity index (χ4n) is 4.11. The number of ether oxygens (including phenoxy) is 1. The number of urea groups is 1. The first-order chi connectivity index (χ1) is 15.5. The quantitative estimate of drug-likeness (QED) is 0.647. The minimum Gasteiger partial charge on any atom is -0.466 e. The summed E-state index contributed by atoms with van der Waals surface area (Å²) in [6.45, 7) is 3.51. The van der Waals surface area contributed by atoms with Crippen molar-refractivity contribution in [1.29, 1.82) is 0 Å². The average Bonchev–Trinajstić information content (AvgIpc) is 2.79. The fourth-order valence-corrected chi connectivity index (χ4v) is 4.56. The molecule has 1 saturated heterocycles. The number of anilines is 1. The lowest BCUT2D eigenvalue weighted by atomic mass is 9.95. The number of halogens is 2. The van der Waals surface area contributed by atoms with Gasteiger partial charge in [-0.3, -0.25) is 4.90 Å². The Morgan fingerprint density at radius 2 is 1.84 bits per heavy atom. The molecule has 1 fully saturated rings. The number of piperazine rings is 1. The van der Waals surface area contributed by atoms with Gasteiger partial charge < -0.3 is 20.3 Å². The van der Waals surface area contributed by atoms with E-state index in [1.165, 1.54) is 7.11 Å². The molecule has 0 bridgehead atoms. The molecule has 0 saturated carbocycles. The molecular weight excluding hydrogens is 451 g/mol. The van der Waals surface area contributed by atoms with E-state index in [4.69, 9.17) is 27.9 Å². The normalized spacial score (nSPS) is 19.4. The molecule has 0 aliphatic carbocycles. The minimum atomic E-state index is -0.644. The molecule has 2 amide bonds. The van der Waals surface area contributed by atoms with Gasteiger partial charge in [0.05, 0.1) is 29.4 Å². The lowest BCUT2D eigenvalue weighted by Gasteiger charge is -2.38. The van der Waals surface area contributed by atoms with Gasteiger partial charge in [-0.15, -0.1) is 0 Å². The Bertz CT molecular complexity index is 1050. The van der Waals surface area contributed by atoms with Crippen LogP contribution >= 0.6 is 23.2 Å². The molecule has 7 nitrogen and oxygen atoms in total. The molecule has 168 valence electrons. The molecular formula is C23H24Cl2N4O3. The summed E-state index contributed by atoms with van der Waals surface area (Å²) in [5.74, 6) is -0.493. The highest BCUT2D eigenvalue weighted by molar-refractivity contribution is 6.33. The van der Waals surface area contributed by atoms with Crippen molar-refractivity contribution in [1.82, 2.24) is 15.5 Å². The Kier molecular flexibility index (Phi) is 6.89. The maximum Gasteiger partial charge on any atom is 0.338 e. The predicted octanol–water partition coefficient (Wildman–Crippen LogP) is 3.60. The van der Waals surface area contributed by atoms with E-state index in [1.807, 2.05) is 30.3 Å². The van der Waals surface area contributed by atoms with Gasteiger partial charge >= 0.3 is 12.0 Å². The van der Waals surface area contributed by atoms with Crippen LogP contribution in [-0.2, 0) is 9.53 Å². The van der Waals surface area contributed by atoms with Gasteiger partial charge in [0.2, 0.25) is 0 Å². The maximum absolute atomic E-state index is 12.7. The summed E-state index contributed by atoms with van der Waals surface area (Å²) < 4.78 is 5.05. The molecule has 0 spiro atoms. The van der Waals surface area contributed by atoms with Crippen molar-refractivity contribution >= 4 is 40.9 Å². The zero-order chi connectivity index (χ0) is 22.7. The SMILES string of the molecule is COC(=O)C1=C(CN2CCN(c3ccccc3Cl)CC2)NC(=O)N[C@@H]1c1cccc(Cl)c1. The smallest absolute Gasteiger partial charge is 0.338 e. The third-order valence-electron chi connectivity index (χ3n) is 5.69. The van der Waals surface area contributed by atoms with E-state index in [0.717, 1.165) is 36.9 Å². The van der Waals surface area contributed by atoms with Crippen LogP contribution in [0.2, 0.25) is 10.0 Å². The largest absolute Gasteiger partial charge is 0.466 e. The molecule has 2 N–H and O–H groups in total. The Labute approximate surface area is 196 Å². The van der Waals surface area contributed by atoms with E-state index in [9.17, 15) is 9.59 Å². The van der Waals surface area contributed by atoms with Crippen LogP contribution in [0.15, 0.2) is 59.8 Å². The number of amides is 2. The zero-order valence-corrected chi connectivity index (χ0v) is 19.1. The number of para-hydroxylation sites is 1. The van der Waals surface area contributed by atoms with Gasteiger partial charge in [0.1, 0.15) is 0 Å². The Morgan fingerprint density at radius 1 is 1.09 bits per heavy atom. The third-order valence-corrected chi connectivity index (χ3v) is 6.24. The van der Waals surface area contributed by atoms with Gasteiger partial charge in [-0.25, -0.2) is 9.59 Å². The predicted molar refractivity (Wildman–Crippen MR) is 125 cm³/mol. The Morgan fingerprint density at radius 3 is 2.53 bits per heavy atom. The first-order valence-electron chi connectivity index (χ1n) is 10.3. The number of nitrogens with zero attached hydrogens (tertiary/aromatic N) is 2. The van der Waals surface area contributed by atoms with Crippen LogP contribution in [0.25, 0.3) is 0 Å². The van der Waals surface area contributed by atoms with Crippen LogP contribution < -0.4 is 15.5 Å². The first-order valence-corrected chi connectivity index (χ1v) is 11.1. The molecule has 0 unspecified atom stereocenters. The van der Waals surface area contributed by atoms with E-state index in [-0.39, 0.29) is 6.03 Å². The second kappa shape index (κ2) is 9.81. The summed E-state index contributed by atoms with van der Waals surface area (Å²) in [6.07, 6.45) is 0. The highest BCUT2D eigenvalue weighted by atomic mass is 35.5. The van der Waals surface area contributed by atoms with Crippen molar-refractivity contribution in [2.75, 3.05) is 44.7 Å². The molecule has 32 heavy (non-hydrogen) atoms. The monoisotopic (exact) mass is 474 g/mol. The molecule has 2 heterocycles. The Balaban J connectivity index is 1.55. The van der Waals surface area contributed by atoms with Crippen molar-refractivity contribution in [3.8, 4) is 0 Å². The van der Waals surface area contributed by atoms with Gasteiger partial charge in [0.25, 0.3) is 0 Å². The summed E-state index contributed by atoms with van der Waals surface area (Å²) in [4.78, 5) is 29.6. The van der Waals surface area contributed by atoms with E-state index in [1.54, 1.807) is 18.2 Å². The minimum absolute atomic E-state index is 0.368. The standard InChI is InChI=1S/C23H24Cl2N4O3/c1-32-22(30)20-18(26-23(31)27-21(20)15-5-4-6-16(24)13-15)14-28-9-11-29(12-10-28)19-8-3-2-7-17(19)25/h2-8,13,21H,9-12,14H2,1H3,(H2,26,27,31)/t21-/m1/s1. The van der Waals surface area contributed by atoms with Gasteiger partial charge in [-0.2, -0.15) is 0 Å². The summed E-state index contributed by atoms with van der Waals surface area (Å²) in [5, 5.41) is 6.89. The number of carbonyl (C=O) groups is 2. The van der Waals surface area contributed by atoms with E-state index < -0.39 is 12.0 Å². The number of benzene rings is 2. The summed E-state index contributed by atoms with van der Waals surface area (Å²) >= 11 is 12.5. The number of nitrogens with one attached hydrogen (secondary N) is 2. The van der Waals surface area contributed by atoms with Crippen LogP contribution in [0.5, 0.6) is 0 Å².